The fraction of sp³-hybridized carbons (Fsp3) is 0.0909. The predicted molar refractivity (Wildman–Crippen MR) is 55.0 cm³/mol. The number of benzene rings is 1. The summed E-state index contributed by atoms with van der Waals surface area (Å²) in [5.74, 6) is -3.70. The molecule has 0 atom stereocenters. The average Bonchev–Trinajstić information content (AvgIpc) is 2.59. The van der Waals surface area contributed by atoms with Crippen LogP contribution in [0.4, 0.5) is 4.39 Å². The summed E-state index contributed by atoms with van der Waals surface area (Å²) in [6.07, 6.45) is 0. The van der Waals surface area contributed by atoms with Gasteiger partial charge in [-0.3, -0.25) is 4.79 Å². The first-order valence-corrected chi connectivity index (χ1v) is 4.56. The number of carboxylic acids is 1. The first-order chi connectivity index (χ1) is 7.50. The predicted octanol–water partition coefficient (Wildman–Crippen LogP) is 1.88. The quantitative estimate of drug-likeness (QED) is 0.600. The normalized spacial score (nSPS) is 10.6. The maximum absolute atomic E-state index is 13.8. The number of fused-ring (bicyclic) bond motifs is 1. The van der Waals surface area contributed by atoms with Crippen molar-refractivity contribution in [3.05, 3.63) is 35.3 Å². The molecule has 0 aliphatic rings. The fourth-order valence-corrected chi connectivity index (χ4v) is 1.60. The number of H-pyrrole nitrogens is 1. The highest BCUT2D eigenvalue weighted by Gasteiger charge is 2.20. The molecule has 0 amide bonds. The Morgan fingerprint density at radius 1 is 1.38 bits per heavy atom. The summed E-state index contributed by atoms with van der Waals surface area (Å²) in [6.45, 7) is 1.75. The first-order valence-electron chi connectivity index (χ1n) is 4.56. The van der Waals surface area contributed by atoms with Crippen LogP contribution in [0.1, 0.15) is 16.1 Å². The van der Waals surface area contributed by atoms with Crippen molar-refractivity contribution in [2.24, 2.45) is 0 Å². The van der Waals surface area contributed by atoms with E-state index in [0.29, 0.717) is 5.52 Å². The zero-order valence-electron chi connectivity index (χ0n) is 8.37. The van der Waals surface area contributed by atoms with Gasteiger partial charge in [0.2, 0.25) is 0 Å². The third-order valence-electron chi connectivity index (χ3n) is 2.31. The van der Waals surface area contributed by atoms with E-state index in [9.17, 15) is 14.0 Å². The molecule has 0 unspecified atom stereocenters. The van der Waals surface area contributed by atoms with Gasteiger partial charge in [-0.1, -0.05) is 0 Å². The van der Waals surface area contributed by atoms with Crippen LogP contribution in [-0.2, 0) is 4.79 Å². The Hall–Kier alpha value is -2.17. The van der Waals surface area contributed by atoms with E-state index >= 15 is 0 Å². The van der Waals surface area contributed by atoms with Gasteiger partial charge in [0.1, 0.15) is 5.82 Å². The highest BCUT2D eigenvalue weighted by atomic mass is 19.1. The molecule has 1 aromatic heterocycles. The molecule has 5 heteroatoms. The average molecular weight is 221 g/mol. The van der Waals surface area contributed by atoms with Crippen LogP contribution in [0, 0.1) is 12.7 Å². The molecule has 0 aliphatic heterocycles. The lowest BCUT2D eigenvalue weighted by molar-refractivity contribution is -0.131. The summed E-state index contributed by atoms with van der Waals surface area (Å²) in [4.78, 5) is 24.5. The summed E-state index contributed by atoms with van der Waals surface area (Å²) in [6, 6.07) is 4.19. The van der Waals surface area contributed by atoms with Crippen LogP contribution in [0.5, 0.6) is 0 Å². The Kier molecular flexibility index (Phi) is 2.23. The summed E-state index contributed by atoms with van der Waals surface area (Å²) < 4.78 is 13.8. The molecular formula is C11H8FNO3. The van der Waals surface area contributed by atoms with Crippen LogP contribution in [-0.4, -0.2) is 21.8 Å². The van der Waals surface area contributed by atoms with Crippen molar-refractivity contribution < 1.29 is 19.1 Å². The molecule has 0 radical (unpaired) electrons. The van der Waals surface area contributed by atoms with Gasteiger partial charge in [0.25, 0.3) is 5.78 Å². The zero-order valence-corrected chi connectivity index (χ0v) is 8.37. The van der Waals surface area contributed by atoms with Crippen molar-refractivity contribution >= 4 is 22.7 Å². The highest BCUT2D eigenvalue weighted by molar-refractivity contribution is 6.40. The van der Waals surface area contributed by atoms with Gasteiger partial charge in [-0.2, -0.15) is 0 Å². The minimum absolute atomic E-state index is 0.226. The van der Waals surface area contributed by atoms with E-state index in [1.807, 2.05) is 0 Å². The number of rotatable bonds is 2. The van der Waals surface area contributed by atoms with Crippen LogP contribution in [0.2, 0.25) is 0 Å². The minimum Gasteiger partial charge on any atom is -0.475 e. The van der Waals surface area contributed by atoms with Crippen LogP contribution in [0.3, 0.4) is 0 Å². The Bertz CT molecular complexity index is 601. The van der Waals surface area contributed by atoms with Gasteiger partial charge in [-0.25, -0.2) is 9.18 Å². The SMILES string of the molecule is Cc1cc2c(F)c(C(=O)C(=O)O)ccc2[nH]1. The number of ketones is 1. The number of carboxylic acid groups (broad SMARTS) is 1. The molecule has 0 spiro atoms. The van der Waals surface area contributed by atoms with Crippen molar-refractivity contribution in [3.63, 3.8) is 0 Å². The topological polar surface area (TPSA) is 70.2 Å². The standard InChI is InChI=1S/C11H8FNO3/c1-5-4-7-8(13-5)3-2-6(9(7)12)10(14)11(15)16/h2-4,13H,1H3,(H,15,16). The smallest absolute Gasteiger partial charge is 0.377 e. The monoisotopic (exact) mass is 221 g/mol. The molecule has 1 aromatic carbocycles. The van der Waals surface area contributed by atoms with Gasteiger partial charge in [-0.15, -0.1) is 0 Å². The molecule has 0 saturated heterocycles. The third kappa shape index (κ3) is 1.46. The molecule has 4 nitrogen and oxygen atoms in total. The number of hydrogen-bond donors (Lipinski definition) is 2. The van der Waals surface area contributed by atoms with Crippen LogP contribution in [0.15, 0.2) is 18.2 Å². The van der Waals surface area contributed by atoms with E-state index in [1.165, 1.54) is 18.2 Å². The van der Waals surface area contributed by atoms with Crippen LogP contribution >= 0.6 is 0 Å². The van der Waals surface area contributed by atoms with E-state index in [4.69, 9.17) is 5.11 Å². The van der Waals surface area contributed by atoms with Gasteiger partial charge in [0, 0.05) is 16.6 Å². The van der Waals surface area contributed by atoms with Crippen molar-refractivity contribution in [1.82, 2.24) is 4.98 Å². The Morgan fingerprint density at radius 2 is 2.06 bits per heavy atom. The fourth-order valence-electron chi connectivity index (χ4n) is 1.60. The molecule has 1 heterocycles. The van der Waals surface area contributed by atoms with Crippen molar-refractivity contribution in [2.75, 3.05) is 0 Å². The molecule has 0 bridgehead atoms. The molecule has 16 heavy (non-hydrogen) atoms. The zero-order chi connectivity index (χ0) is 11.9. The number of hydrogen-bond acceptors (Lipinski definition) is 2. The van der Waals surface area contributed by atoms with Crippen LogP contribution < -0.4 is 0 Å². The lowest BCUT2D eigenvalue weighted by Crippen LogP contribution is -2.14. The van der Waals surface area contributed by atoms with Gasteiger partial charge in [0.05, 0.1) is 5.56 Å². The number of carbonyl (C=O) groups excluding carboxylic acids is 1. The molecule has 0 fully saturated rings. The molecule has 0 saturated carbocycles. The van der Waals surface area contributed by atoms with Crippen LogP contribution in [0.25, 0.3) is 10.9 Å². The minimum atomic E-state index is -1.66. The number of aliphatic carboxylic acids is 1. The number of Topliss-reactive ketones (excluding diaryl/α,β-unsaturated/α-hetero) is 1. The Labute approximate surface area is 89.7 Å². The number of halogens is 1. The van der Waals surface area contributed by atoms with Crippen molar-refractivity contribution in [2.45, 2.75) is 6.92 Å². The molecule has 82 valence electrons. The van der Waals surface area contributed by atoms with Gasteiger partial charge in [0.15, 0.2) is 0 Å². The van der Waals surface area contributed by atoms with Crippen molar-refractivity contribution in [1.29, 1.82) is 0 Å². The first kappa shape index (κ1) is 10.4. The molecule has 0 aliphatic carbocycles. The Balaban J connectivity index is 2.69. The molecule has 2 aromatic rings. The lowest BCUT2D eigenvalue weighted by atomic mass is 10.1. The highest BCUT2D eigenvalue weighted by Crippen LogP contribution is 2.22. The largest absolute Gasteiger partial charge is 0.475 e. The van der Waals surface area contributed by atoms with E-state index in [-0.39, 0.29) is 5.39 Å². The number of aromatic amines is 1. The van der Waals surface area contributed by atoms with E-state index < -0.39 is 23.1 Å². The molecule has 2 N–H and O–H groups in total. The molecular weight excluding hydrogens is 213 g/mol. The summed E-state index contributed by atoms with van der Waals surface area (Å²) in [5, 5.41) is 8.74. The van der Waals surface area contributed by atoms with E-state index in [0.717, 1.165) is 5.69 Å². The number of carbonyl (C=O) groups is 2. The lowest BCUT2D eigenvalue weighted by Gasteiger charge is -1.99. The maximum atomic E-state index is 13.8. The summed E-state index contributed by atoms with van der Waals surface area (Å²) >= 11 is 0. The van der Waals surface area contributed by atoms with Crippen molar-refractivity contribution in [3.8, 4) is 0 Å². The Morgan fingerprint density at radius 3 is 2.69 bits per heavy atom. The van der Waals surface area contributed by atoms with E-state index in [2.05, 4.69) is 4.98 Å². The van der Waals surface area contributed by atoms with E-state index in [1.54, 1.807) is 6.92 Å². The second kappa shape index (κ2) is 3.44. The number of aryl methyl sites for hydroxylation is 1. The second-order valence-corrected chi connectivity index (χ2v) is 3.47. The maximum Gasteiger partial charge on any atom is 0.377 e. The number of nitrogens with one attached hydrogen (secondary N) is 1. The molecule has 2 rings (SSSR count). The summed E-state index contributed by atoms with van der Waals surface area (Å²) in [5.41, 5.74) is 0.866. The van der Waals surface area contributed by atoms with Gasteiger partial charge in [-0.05, 0) is 25.1 Å². The number of aromatic nitrogens is 1. The second-order valence-electron chi connectivity index (χ2n) is 3.47. The van der Waals surface area contributed by atoms with Gasteiger partial charge >= 0.3 is 5.97 Å². The van der Waals surface area contributed by atoms with Gasteiger partial charge < -0.3 is 10.1 Å². The summed E-state index contributed by atoms with van der Waals surface area (Å²) in [7, 11) is 0. The third-order valence-corrected chi connectivity index (χ3v) is 2.31.